The van der Waals surface area contributed by atoms with Gasteiger partial charge < -0.3 is 10.5 Å². The first-order valence-corrected chi connectivity index (χ1v) is 8.05. The Hall–Kier alpha value is -2.12. The molecule has 0 fully saturated rings. The maximum atomic E-state index is 11.8. The molecule has 1 aromatic carbocycles. The van der Waals surface area contributed by atoms with E-state index in [0.29, 0.717) is 11.4 Å². The summed E-state index contributed by atoms with van der Waals surface area (Å²) in [7, 11) is -3.39. The molecule has 3 N–H and O–H groups in total. The third kappa shape index (κ3) is 5.41. The summed E-state index contributed by atoms with van der Waals surface area (Å²) in [4.78, 5) is 3.92. The van der Waals surface area contributed by atoms with Gasteiger partial charge in [0.15, 0.2) is 0 Å². The Morgan fingerprint density at radius 3 is 2.81 bits per heavy atom. The van der Waals surface area contributed by atoms with Crippen molar-refractivity contribution in [2.75, 3.05) is 18.1 Å². The lowest BCUT2D eigenvalue weighted by atomic mass is 10.3. The molecule has 0 amide bonds. The van der Waals surface area contributed by atoms with Crippen LogP contribution in [-0.4, -0.2) is 25.8 Å². The molecule has 0 radical (unpaired) electrons. The standard InChI is InChI=1S/C14H17N3O3S/c15-13-4-1-5-14(9-13)20-7-8-21(18,19)17-11-12-3-2-6-16-10-12/h1-6,9-10,17H,7-8,11,15H2. The molecule has 0 aliphatic carbocycles. The van der Waals surface area contributed by atoms with Gasteiger partial charge in [-0.05, 0) is 23.8 Å². The molecule has 0 aliphatic heterocycles. The average molecular weight is 307 g/mol. The average Bonchev–Trinajstić information content (AvgIpc) is 2.46. The van der Waals surface area contributed by atoms with Gasteiger partial charge in [0.1, 0.15) is 12.4 Å². The number of nitrogens with zero attached hydrogens (tertiary/aromatic N) is 1. The number of ether oxygens (including phenoxy) is 1. The second-order valence-electron chi connectivity index (χ2n) is 4.42. The Morgan fingerprint density at radius 1 is 1.24 bits per heavy atom. The van der Waals surface area contributed by atoms with E-state index in [0.717, 1.165) is 5.56 Å². The molecule has 2 aromatic rings. The van der Waals surface area contributed by atoms with Gasteiger partial charge in [-0.1, -0.05) is 12.1 Å². The molecule has 112 valence electrons. The van der Waals surface area contributed by atoms with E-state index >= 15 is 0 Å². The Bertz CT molecular complexity index is 675. The first-order valence-electron chi connectivity index (χ1n) is 6.40. The number of nitrogens with one attached hydrogen (secondary N) is 1. The van der Waals surface area contributed by atoms with Crippen molar-refractivity contribution in [2.24, 2.45) is 0 Å². The van der Waals surface area contributed by atoms with Crippen LogP contribution in [0.5, 0.6) is 5.75 Å². The summed E-state index contributed by atoms with van der Waals surface area (Å²) in [6.07, 6.45) is 3.25. The van der Waals surface area contributed by atoms with Crippen LogP contribution in [0.1, 0.15) is 5.56 Å². The molecule has 1 aromatic heterocycles. The van der Waals surface area contributed by atoms with E-state index in [1.54, 1.807) is 48.8 Å². The van der Waals surface area contributed by atoms with E-state index in [4.69, 9.17) is 10.5 Å². The van der Waals surface area contributed by atoms with Crippen molar-refractivity contribution in [3.8, 4) is 5.75 Å². The van der Waals surface area contributed by atoms with Crippen LogP contribution in [0.25, 0.3) is 0 Å². The van der Waals surface area contributed by atoms with Crippen LogP contribution >= 0.6 is 0 Å². The summed E-state index contributed by atoms with van der Waals surface area (Å²) in [5, 5.41) is 0. The number of anilines is 1. The van der Waals surface area contributed by atoms with E-state index in [-0.39, 0.29) is 18.9 Å². The van der Waals surface area contributed by atoms with E-state index in [1.165, 1.54) is 0 Å². The zero-order chi connectivity index (χ0) is 15.1. The van der Waals surface area contributed by atoms with Crippen LogP contribution in [0.15, 0.2) is 48.8 Å². The molecule has 0 spiro atoms. The molecule has 1 heterocycles. The number of nitrogens with two attached hydrogens (primary N) is 1. The summed E-state index contributed by atoms with van der Waals surface area (Å²) < 4.78 is 31.5. The summed E-state index contributed by atoms with van der Waals surface area (Å²) in [5.74, 6) is 0.430. The highest BCUT2D eigenvalue weighted by molar-refractivity contribution is 7.89. The van der Waals surface area contributed by atoms with Crippen molar-refractivity contribution in [2.45, 2.75) is 6.54 Å². The first-order chi connectivity index (χ1) is 10.1. The summed E-state index contributed by atoms with van der Waals surface area (Å²) in [6, 6.07) is 10.4. The van der Waals surface area contributed by atoms with Crippen molar-refractivity contribution < 1.29 is 13.2 Å². The third-order valence-corrected chi connectivity index (χ3v) is 3.99. The predicted octanol–water partition coefficient (Wildman–Crippen LogP) is 1.16. The van der Waals surface area contributed by atoms with E-state index in [1.807, 2.05) is 0 Å². The van der Waals surface area contributed by atoms with E-state index in [2.05, 4.69) is 9.71 Å². The lowest BCUT2D eigenvalue weighted by molar-refractivity contribution is 0.340. The SMILES string of the molecule is Nc1cccc(OCCS(=O)(=O)NCc2cccnc2)c1. The number of rotatable bonds is 7. The van der Waals surface area contributed by atoms with Crippen molar-refractivity contribution in [3.63, 3.8) is 0 Å². The minimum Gasteiger partial charge on any atom is -0.492 e. The number of benzene rings is 1. The molecule has 21 heavy (non-hydrogen) atoms. The maximum absolute atomic E-state index is 11.8. The smallest absolute Gasteiger partial charge is 0.215 e. The van der Waals surface area contributed by atoms with Gasteiger partial charge >= 0.3 is 0 Å². The fourth-order valence-corrected chi connectivity index (χ4v) is 2.48. The van der Waals surface area contributed by atoms with E-state index < -0.39 is 10.0 Å². The quantitative estimate of drug-likeness (QED) is 0.749. The zero-order valence-corrected chi connectivity index (χ0v) is 12.2. The number of aromatic nitrogens is 1. The third-order valence-electron chi connectivity index (χ3n) is 2.70. The molecular weight excluding hydrogens is 290 g/mol. The summed E-state index contributed by atoms with van der Waals surface area (Å²) in [6.45, 7) is 0.278. The number of hydrogen-bond acceptors (Lipinski definition) is 5. The predicted molar refractivity (Wildman–Crippen MR) is 81.2 cm³/mol. The molecule has 0 saturated carbocycles. The highest BCUT2D eigenvalue weighted by atomic mass is 32.2. The summed E-state index contributed by atoms with van der Waals surface area (Å²) >= 11 is 0. The lowest BCUT2D eigenvalue weighted by Crippen LogP contribution is -2.28. The molecule has 0 aliphatic rings. The minimum absolute atomic E-state index is 0.0613. The molecule has 0 atom stereocenters. The molecule has 2 rings (SSSR count). The van der Waals surface area contributed by atoms with Gasteiger partial charge in [0, 0.05) is 30.7 Å². The Balaban J connectivity index is 1.79. The number of sulfonamides is 1. The zero-order valence-electron chi connectivity index (χ0n) is 11.4. The molecule has 0 saturated heterocycles. The Kier molecular flexibility index (Phi) is 5.13. The molecule has 7 heteroatoms. The Morgan fingerprint density at radius 2 is 2.10 bits per heavy atom. The van der Waals surface area contributed by atoms with Gasteiger partial charge in [0.2, 0.25) is 10.0 Å². The Labute approximate surface area is 124 Å². The van der Waals surface area contributed by atoms with Crippen LogP contribution in [-0.2, 0) is 16.6 Å². The number of pyridine rings is 1. The van der Waals surface area contributed by atoms with Gasteiger partial charge in [-0.15, -0.1) is 0 Å². The van der Waals surface area contributed by atoms with Gasteiger partial charge in [0.05, 0.1) is 5.75 Å². The van der Waals surface area contributed by atoms with Crippen LogP contribution in [0.2, 0.25) is 0 Å². The fourth-order valence-electron chi connectivity index (χ4n) is 1.64. The minimum atomic E-state index is -3.39. The van der Waals surface area contributed by atoms with Crippen LogP contribution < -0.4 is 15.2 Å². The molecule has 0 unspecified atom stereocenters. The van der Waals surface area contributed by atoms with Crippen LogP contribution in [0, 0.1) is 0 Å². The monoisotopic (exact) mass is 307 g/mol. The normalized spacial score (nSPS) is 11.2. The van der Waals surface area contributed by atoms with Gasteiger partial charge in [-0.3, -0.25) is 4.98 Å². The van der Waals surface area contributed by atoms with Crippen molar-refractivity contribution in [3.05, 3.63) is 54.4 Å². The van der Waals surface area contributed by atoms with Crippen LogP contribution in [0.3, 0.4) is 0 Å². The molecule has 6 nitrogen and oxygen atoms in total. The number of nitrogen functional groups attached to an aromatic ring is 1. The first kappa shape index (κ1) is 15.3. The van der Waals surface area contributed by atoms with Gasteiger partial charge in [-0.2, -0.15) is 0 Å². The highest BCUT2D eigenvalue weighted by Crippen LogP contribution is 2.14. The van der Waals surface area contributed by atoms with Crippen molar-refractivity contribution in [1.82, 2.24) is 9.71 Å². The lowest BCUT2D eigenvalue weighted by Gasteiger charge is -2.08. The molecule has 0 bridgehead atoms. The van der Waals surface area contributed by atoms with Gasteiger partial charge in [-0.25, -0.2) is 13.1 Å². The van der Waals surface area contributed by atoms with Gasteiger partial charge in [0.25, 0.3) is 0 Å². The fraction of sp³-hybridized carbons (Fsp3) is 0.214. The van der Waals surface area contributed by atoms with Crippen LogP contribution in [0.4, 0.5) is 5.69 Å². The number of hydrogen-bond donors (Lipinski definition) is 2. The largest absolute Gasteiger partial charge is 0.492 e. The molecular formula is C14H17N3O3S. The second-order valence-corrected chi connectivity index (χ2v) is 6.35. The maximum Gasteiger partial charge on any atom is 0.215 e. The van der Waals surface area contributed by atoms with Crippen molar-refractivity contribution in [1.29, 1.82) is 0 Å². The second kappa shape index (κ2) is 7.05. The topological polar surface area (TPSA) is 94.3 Å². The summed E-state index contributed by atoms with van der Waals surface area (Å²) in [5.41, 5.74) is 6.99. The van der Waals surface area contributed by atoms with Crippen molar-refractivity contribution >= 4 is 15.7 Å². The van der Waals surface area contributed by atoms with E-state index in [9.17, 15) is 8.42 Å². The highest BCUT2D eigenvalue weighted by Gasteiger charge is 2.10.